The Morgan fingerprint density at radius 3 is 2.53 bits per heavy atom. The maximum Gasteiger partial charge on any atom is 0.297 e. The molecule has 1 N–H and O–H groups in total. The van der Waals surface area contributed by atoms with E-state index in [2.05, 4.69) is 13.8 Å². The fourth-order valence-electron chi connectivity index (χ4n) is 7.48. The molecule has 0 amide bonds. The van der Waals surface area contributed by atoms with Gasteiger partial charge in [0.2, 0.25) is 0 Å². The Labute approximate surface area is 191 Å². The molecule has 1 aromatic carbocycles. The molecule has 4 aliphatic carbocycles. The molecule has 6 heteroatoms. The predicted molar refractivity (Wildman–Crippen MR) is 121 cm³/mol. The third-order valence-electron chi connectivity index (χ3n) is 9.33. The van der Waals surface area contributed by atoms with Crippen LogP contribution in [0.3, 0.4) is 0 Å². The van der Waals surface area contributed by atoms with Gasteiger partial charge in [0.05, 0.1) is 17.1 Å². The zero-order chi connectivity index (χ0) is 22.9. The first kappa shape index (κ1) is 22.3. The molecule has 3 unspecified atom stereocenters. The van der Waals surface area contributed by atoms with E-state index in [1.54, 1.807) is 18.2 Å². The number of fused-ring (bicyclic) bond motifs is 5. The number of aliphatic hydroxyl groups excluding tert-OH is 1. The molecule has 0 heterocycles. The summed E-state index contributed by atoms with van der Waals surface area (Å²) in [5.74, 6) is 1.05. The second-order valence-electron chi connectivity index (χ2n) is 11.0. The normalized spacial score (nSPS) is 41.4. The first-order valence-electron chi connectivity index (χ1n) is 12.0. The number of carbonyl (C=O) groups excluding carboxylic acids is 1. The van der Waals surface area contributed by atoms with Gasteiger partial charge >= 0.3 is 0 Å². The number of carbonyl (C=O) groups is 1. The van der Waals surface area contributed by atoms with Gasteiger partial charge < -0.3 is 5.11 Å². The van der Waals surface area contributed by atoms with E-state index in [4.69, 9.17) is 4.18 Å². The van der Waals surface area contributed by atoms with E-state index in [0.29, 0.717) is 31.0 Å². The Morgan fingerprint density at radius 2 is 1.78 bits per heavy atom. The van der Waals surface area contributed by atoms with Gasteiger partial charge in [0.25, 0.3) is 10.1 Å². The molecular formula is C26H34O5S. The standard InChI is InChI=1S/C26H34O5S/c1-16-5-4-6-19(13-16)32(29,30)31-18-9-11-25(2)17(14-18)15-22(27)24-20-7-8-23(28)26(20,3)12-10-21(24)25/h4-6,13,15,18,20-22,24,27H,7-12,14H2,1-3H3/t18-,20?,21?,22+,24?,25-,26-/m0/s1. The monoisotopic (exact) mass is 458 g/mol. The summed E-state index contributed by atoms with van der Waals surface area (Å²) in [6.07, 6.45) is 6.40. The summed E-state index contributed by atoms with van der Waals surface area (Å²) < 4.78 is 31.4. The van der Waals surface area contributed by atoms with Gasteiger partial charge in [-0.15, -0.1) is 0 Å². The van der Waals surface area contributed by atoms with Crippen LogP contribution in [-0.4, -0.2) is 31.5 Å². The van der Waals surface area contributed by atoms with E-state index in [0.717, 1.165) is 36.8 Å². The van der Waals surface area contributed by atoms with Crippen molar-refractivity contribution in [2.75, 3.05) is 0 Å². The van der Waals surface area contributed by atoms with Crippen LogP contribution < -0.4 is 0 Å². The second kappa shape index (κ2) is 7.51. The predicted octanol–water partition coefficient (Wildman–Crippen LogP) is 4.57. The second-order valence-corrected chi connectivity index (χ2v) is 12.6. The van der Waals surface area contributed by atoms with Crippen LogP contribution >= 0.6 is 0 Å². The summed E-state index contributed by atoms with van der Waals surface area (Å²) in [5.41, 5.74) is 1.66. The molecule has 0 aliphatic heterocycles. The summed E-state index contributed by atoms with van der Waals surface area (Å²) in [4.78, 5) is 12.8. The number of benzene rings is 1. The number of hydrogen-bond donors (Lipinski definition) is 1. The maximum absolute atomic E-state index is 12.9. The van der Waals surface area contributed by atoms with Crippen molar-refractivity contribution in [1.82, 2.24) is 0 Å². The Kier molecular flexibility index (Phi) is 5.23. The summed E-state index contributed by atoms with van der Waals surface area (Å²) in [7, 11) is -3.83. The maximum atomic E-state index is 12.9. The molecule has 32 heavy (non-hydrogen) atoms. The summed E-state index contributed by atoms with van der Waals surface area (Å²) >= 11 is 0. The first-order chi connectivity index (χ1) is 15.0. The van der Waals surface area contributed by atoms with Crippen LogP contribution in [0.2, 0.25) is 0 Å². The van der Waals surface area contributed by atoms with Gasteiger partial charge in [-0.2, -0.15) is 8.42 Å². The van der Waals surface area contributed by atoms with E-state index in [1.165, 1.54) is 0 Å². The minimum atomic E-state index is -3.83. The lowest BCUT2D eigenvalue weighted by Gasteiger charge is -2.58. The molecular weight excluding hydrogens is 424 g/mol. The lowest BCUT2D eigenvalue weighted by molar-refractivity contribution is -0.135. The lowest BCUT2D eigenvalue weighted by Crippen LogP contribution is -2.54. The average Bonchev–Trinajstić information content (AvgIpc) is 3.04. The molecule has 0 spiro atoms. The topological polar surface area (TPSA) is 80.7 Å². The molecule has 3 fully saturated rings. The summed E-state index contributed by atoms with van der Waals surface area (Å²) in [6, 6.07) is 6.81. The molecule has 7 atom stereocenters. The van der Waals surface area contributed by atoms with Crippen molar-refractivity contribution in [2.45, 2.75) is 82.8 Å². The number of Topliss-reactive ketones (excluding diaryl/α,β-unsaturated/α-hetero) is 1. The quantitative estimate of drug-likeness (QED) is 0.530. The highest BCUT2D eigenvalue weighted by Crippen LogP contribution is 2.64. The molecule has 4 aliphatic rings. The molecule has 0 aromatic heterocycles. The molecule has 5 nitrogen and oxygen atoms in total. The van der Waals surface area contributed by atoms with Crippen LogP contribution in [-0.2, 0) is 19.1 Å². The smallest absolute Gasteiger partial charge is 0.297 e. The van der Waals surface area contributed by atoms with Gasteiger partial charge in [0.1, 0.15) is 5.78 Å². The highest BCUT2D eigenvalue weighted by atomic mass is 32.2. The van der Waals surface area contributed by atoms with Crippen LogP contribution in [0, 0.1) is 35.5 Å². The van der Waals surface area contributed by atoms with E-state index in [1.807, 2.05) is 19.1 Å². The van der Waals surface area contributed by atoms with E-state index in [9.17, 15) is 18.3 Å². The Bertz CT molecular complexity index is 1080. The van der Waals surface area contributed by atoms with Gasteiger partial charge in [0, 0.05) is 11.8 Å². The number of aryl methyl sites for hydroxylation is 1. The molecule has 0 bridgehead atoms. The SMILES string of the molecule is Cc1cccc(S(=O)(=O)O[C@H]2CC[C@@]3(C)C(=C[C@@H](O)C4C3CC[C@]3(C)C(=O)CCC43)C2)c1. The van der Waals surface area contributed by atoms with Crippen molar-refractivity contribution in [3.05, 3.63) is 41.5 Å². The van der Waals surface area contributed by atoms with Crippen molar-refractivity contribution in [3.8, 4) is 0 Å². The third kappa shape index (κ3) is 3.33. The van der Waals surface area contributed by atoms with Crippen molar-refractivity contribution >= 4 is 15.9 Å². The molecule has 5 rings (SSSR count). The van der Waals surface area contributed by atoms with Crippen molar-refractivity contribution in [3.63, 3.8) is 0 Å². The summed E-state index contributed by atoms with van der Waals surface area (Å²) in [5, 5.41) is 11.2. The Balaban J connectivity index is 1.39. The number of hydrogen-bond acceptors (Lipinski definition) is 5. The van der Waals surface area contributed by atoms with E-state index in [-0.39, 0.29) is 27.6 Å². The van der Waals surface area contributed by atoms with Crippen molar-refractivity contribution < 1.29 is 22.5 Å². The van der Waals surface area contributed by atoms with Gasteiger partial charge in [-0.25, -0.2) is 0 Å². The van der Waals surface area contributed by atoms with Crippen LogP contribution in [0.15, 0.2) is 40.8 Å². The highest BCUT2D eigenvalue weighted by molar-refractivity contribution is 7.86. The van der Waals surface area contributed by atoms with Gasteiger partial charge in [-0.1, -0.05) is 37.6 Å². The zero-order valence-electron chi connectivity index (χ0n) is 19.2. The van der Waals surface area contributed by atoms with Gasteiger partial charge in [-0.05, 0) is 86.3 Å². The van der Waals surface area contributed by atoms with Crippen LogP contribution in [0.5, 0.6) is 0 Å². The first-order valence-corrected chi connectivity index (χ1v) is 13.4. The molecule has 3 saturated carbocycles. The summed E-state index contributed by atoms with van der Waals surface area (Å²) in [6.45, 7) is 6.26. The van der Waals surface area contributed by atoms with E-state index < -0.39 is 22.3 Å². The molecule has 174 valence electrons. The largest absolute Gasteiger partial charge is 0.389 e. The fourth-order valence-corrected chi connectivity index (χ4v) is 8.68. The Morgan fingerprint density at radius 1 is 1.06 bits per heavy atom. The minimum Gasteiger partial charge on any atom is -0.389 e. The fraction of sp³-hybridized carbons (Fsp3) is 0.654. The van der Waals surface area contributed by atoms with Gasteiger partial charge in [0.15, 0.2) is 0 Å². The van der Waals surface area contributed by atoms with Crippen molar-refractivity contribution in [1.29, 1.82) is 0 Å². The molecule has 0 radical (unpaired) electrons. The van der Waals surface area contributed by atoms with Crippen LogP contribution in [0.4, 0.5) is 0 Å². The molecule has 0 saturated heterocycles. The van der Waals surface area contributed by atoms with E-state index >= 15 is 0 Å². The minimum absolute atomic E-state index is 0.0657. The number of ketones is 1. The highest BCUT2D eigenvalue weighted by Gasteiger charge is 2.60. The number of rotatable bonds is 3. The average molecular weight is 459 g/mol. The van der Waals surface area contributed by atoms with Gasteiger partial charge in [-0.3, -0.25) is 8.98 Å². The van der Waals surface area contributed by atoms with Crippen LogP contribution in [0.1, 0.15) is 64.4 Å². The number of aliphatic hydroxyl groups is 1. The zero-order valence-corrected chi connectivity index (χ0v) is 20.0. The third-order valence-corrected chi connectivity index (χ3v) is 10.7. The van der Waals surface area contributed by atoms with Crippen LogP contribution in [0.25, 0.3) is 0 Å². The lowest BCUT2D eigenvalue weighted by atomic mass is 9.47. The molecule has 1 aromatic rings. The van der Waals surface area contributed by atoms with Crippen molar-refractivity contribution in [2.24, 2.45) is 28.6 Å². The Hall–Kier alpha value is -1.50.